The first-order valence-corrected chi connectivity index (χ1v) is 6.75. The third-order valence-electron chi connectivity index (χ3n) is 2.89. The molecule has 0 aromatic heterocycles. The van der Waals surface area contributed by atoms with Crippen molar-refractivity contribution in [2.45, 2.75) is 6.92 Å². The predicted molar refractivity (Wildman–Crippen MR) is 81.5 cm³/mol. The molecule has 20 heavy (non-hydrogen) atoms. The molecule has 0 saturated carbocycles. The summed E-state index contributed by atoms with van der Waals surface area (Å²) in [6.45, 7) is 1.90. The van der Waals surface area contributed by atoms with Crippen LogP contribution in [0.4, 0.5) is 5.69 Å². The molecule has 0 aliphatic carbocycles. The van der Waals surface area contributed by atoms with E-state index in [1.165, 1.54) is 19.2 Å². The molecular weight excluding hydrogens is 322 g/mol. The number of amides is 1. The van der Waals surface area contributed by atoms with Crippen LogP contribution in [-0.2, 0) is 0 Å². The SMILES string of the molecule is COc1ccc(C(=O)Nc2ccc(Br)cc2C)c(O)c1. The summed E-state index contributed by atoms with van der Waals surface area (Å²) in [6, 6.07) is 10.1. The number of ether oxygens (including phenoxy) is 1. The Kier molecular flexibility index (Phi) is 4.29. The van der Waals surface area contributed by atoms with Crippen LogP contribution in [0, 0.1) is 6.92 Å². The number of aromatic hydroxyl groups is 1. The number of phenols is 1. The Hall–Kier alpha value is -2.01. The first-order chi connectivity index (χ1) is 9.51. The fourth-order valence-corrected chi connectivity index (χ4v) is 2.26. The maximum Gasteiger partial charge on any atom is 0.259 e. The highest BCUT2D eigenvalue weighted by Gasteiger charge is 2.13. The first-order valence-electron chi connectivity index (χ1n) is 5.96. The molecule has 5 heteroatoms. The molecule has 0 radical (unpaired) electrons. The number of benzene rings is 2. The quantitative estimate of drug-likeness (QED) is 0.898. The molecule has 0 spiro atoms. The average Bonchev–Trinajstić information content (AvgIpc) is 2.41. The van der Waals surface area contributed by atoms with Gasteiger partial charge in [0.25, 0.3) is 5.91 Å². The number of rotatable bonds is 3. The van der Waals surface area contributed by atoms with Gasteiger partial charge in [0.2, 0.25) is 0 Å². The van der Waals surface area contributed by atoms with Gasteiger partial charge in [-0.1, -0.05) is 15.9 Å². The summed E-state index contributed by atoms with van der Waals surface area (Å²) in [6.07, 6.45) is 0. The second-order valence-electron chi connectivity index (χ2n) is 4.30. The number of halogens is 1. The van der Waals surface area contributed by atoms with Crippen LogP contribution in [0.2, 0.25) is 0 Å². The number of carbonyl (C=O) groups excluding carboxylic acids is 1. The molecule has 104 valence electrons. The zero-order valence-corrected chi connectivity index (χ0v) is 12.7. The van der Waals surface area contributed by atoms with Crippen molar-refractivity contribution in [3.05, 3.63) is 52.0 Å². The molecule has 0 atom stereocenters. The van der Waals surface area contributed by atoms with Gasteiger partial charge in [-0.15, -0.1) is 0 Å². The van der Waals surface area contributed by atoms with E-state index in [4.69, 9.17) is 4.74 Å². The van der Waals surface area contributed by atoms with Gasteiger partial charge in [0, 0.05) is 16.2 Å². The first kappa shape index (κ1) is 14.4. The molecule has 0 aliphatic heterocycles. The van der Waals surface area contributed by atoms with Crippen LogP contribution < -0.4 is 10.1 Å². The van der Waals surface area contributed by atoms with Crippen LogP contribution in [0.1, 0.15) is 15.9 Å². The van der Waals surface area contributed by atoms with E-state index in [1.807, 2.05) is 19.1 Å². The molecule has 0 fully saturated rings. The Morgan fingerprint density at radius 2 is 2.00 bits per heavy atom. The molecule has 0 saturated heterocycles. The van der Waals surface area contributed by atoms with Crippen molar-refractivity contribution in [1.29, 1.82) is 0 Å². The second-order valence-corrected chi connectivity index (χ2v) is 5.21. The minimum absolute atomic E-state index is 0.114. The third kappa shape index (κ3) is 3.11. The lowest BCUT2D eigenvalue weighted by molar-refractivity contribution is 0.102. The van der Waals surface area contributed by atoms with E-state index in [2.05, 4.69) is 21.2 Å². The van der Waals surface area contributed by atoms with Crippen molar-refractivity contribution >= 4 is 27.5 Å². The van der Waals surface area contributed by atoms with Gasteiger partial charge in [0.1, 0.15) is 11.5 Å². The summed E-state index contributed by atoms with van der Waals surface area (Å²) >= 11 is 3.37. The molecule has 2 aromatic carbocycles. The van der Waals surface area contributed by atoms with E-state index in [1.54, 1.807) is 12.1 Å². The minimum atomic E-state index is -0.365. The number of nitrogens with one attached hydrogen (secondary N) is 1. The number of hydrogen-bond donors (Lipinski definition) is 2. The summed E-state index contributed by atoms with van der Waals surface area (Å²) in [5.74, 6) is 0.0195. The van der Waals surface area contributed by atoms with Crippen LogP contribution >= 0.6 is 15.9 Å². The van der Waals surface area contributed by atoms with E-state index in [0.717, 1.165) is 10.0 Å². The Balaban J connectivity index is 2.24. The second kappa shape index (κ2) is 5.96. The third-order valence-corrected chi connectivity index (χ3v) is 3.38. The highest BCUT2D eigenvalue weighted by Crippen LogP contribution is 2.25. The molecule has 0 heterocycles. The fraction of sp³-hybridized carbons (Fsp3) is 0.133. The van der Waals surface area contributed by atoms with Gasteiger partial charge in [0.05, 0.1) is 12.7 Å². The predicted octanol–water partition coefficient (Wildman–Crippen LogP) is 3.72. The van der Waals surface area contributed by atoms with Crippen LogP contribution in [-0.4, -0.2) is 18.1 Å². The smallest absolute Gasteiger partial charge is 0.259 e. The van der Waals surface area contributed by atoms with Gasteiger partial charge in [-0.05, 0) is 42.8 Å². The van der Waals surface area contributed by atoms with E-state index in [-0.39, 0.29) is 17.2 Å². The van der Waals surface area contributed by atoms with Crippen LogP contribution in [0.3, 0.4) is 0 Å². The summed E-state index contributed by atoms with van der Waals surface area (Å²) in [5, 5.41) is 12.6. The van der Waals surface area contributed by atoms with Crippen molar-refractivity contribution in [2.24, 2.45) is 0 Å². The van der Waals surface area contributed by atoms with Gasteiger partial charge in [-0.2, -0.15) is 0 Å². The highest BCUT2D eigenvalue weighted by molar-refractivity contribution is 9.10. The average molecular weight is 336 g/mol. The maximum atomic E-state index is 12.1. The summed E-state index contributed by atoms with van der Waals surface area (Å²) in [4.78, 5) is 12.1. The number of carbonyl (C=O) groups is 1. The van der Waals surface area contributed by atoms with E-state index in [9.17, 15) is 9.90 Å². The molecule has 2 N–H and O–H groups in total. The fourth-order valence-electron chi connectivity index (χ4n) is 1.79. The number of phenolic OH excluding ortho intramolecular Hbond substituents is 1. The van der Waals surface area contributed by atoms with Gasteiger partial charge >= 0.3 is 0 Å². The van der Waals surface area contributed by atoms with E-state index in [0.29, 0.717) is 11.4 Å². The van der Waals surface area contributed by atoms with Crippen molar-refractivity contribution < 1.29 is 14.6 Å². The maximum absolute atomic E-state index is 12.1. The topological polar surface area (TPSA) is 58.6 Å². The number of anilines is 1. The van der Waals surface area contributed by atoms with Crippen LogP contribution in [0.15, 0.2) is 40.9 Å². The van der Waals surface area contributed by atoms with Gasteiger partial charge in [-0.25, -0.2) is 0 Å². The van der Waals surface area contributed by atoms with Gasteiger partial charge in [-0.3, -0.25) is 4.79 Å². The standard InChI is InChI=1S/C15H14BrNO3/c1-9-7-10(16)3-6-13(9)17-15(19)12-5-4-11(20-2)8-14(12)18/h3-8,18H,1-2H3,(H,17,19). The van der Waals surface area contributed by atoms with Crippen LogP contribution in [0.25, 0.3) is 0 Å². The molecule has 0 unspecified atom stereocenters. The van der Waals surface area contributed by atoms with Crippen LogP contribution in [0.5, 0.6) is 11.5 Å². The van der Waals surface area contributed by atoms with E-state index >= 15 is 0 Å². The largest absolute Gasteiger partial charge is 0.507 e. The molecule has 0 bridgehead atoms. The molecule has 0 aliphatic rings. The summed E-state index contributed by atoms with van der Waals surface area (Å²) < 4.78 is 5.93. The lowest BCUT2D eigenvalue weighted by Crippen LogP contribution is -2.13. The van der Waals surface area contributed by atoms with Crippen molar-refractivity contribution in [1.82, 2.24) is 0 Å². The molecular formula is C15H14BrNO3. The summed E-state index contributed by atoms with van der Waals surface area (Å²) in [7, 11) is 1.50. The molecule has 4 nitrogen and oxygen atoms in total. The number of methoxy groups -OCH3 is 1. The van der Waals surface area contributed by atoms with Crippen molar-refractivity contribution in [3.63, 3.8) is 0 Å². The Morgan fingerprint density at radius 3 is 2.60 bits per heavy atom. The van der Waals surface area contributed by atoms with Gasteiger partial charge < -0.3 is 15.2 Å². The lowest BCUT2D eigenvalue weighted by Gasteiger charge is -2.10. The Bertz CT molecular complexity index is 656. The zero-order chi connectivity index (χ0) is 14.7. The molecule has 2 aromatic rings. The monoisotopic (exact) mass is 335 g/mol. The number of aryl methyl sites for hydroxylation is 1. The lowest BCUT2D eigenvalue weighted by atomic mass is 10.1. The summed E-state index contributed by atoms with van der Waals surface area (Å²) in [5.41, 5.74) is 1.84. The number of hydrogen-bond acceptors (Lipinski definition) is 3. The minimum Gasteiger partial charge on any atom is -0.507 e. The normalized spacial score (nSPS) is 10.2. The van der Waals surface area contributed by atoms with E-state index < -0.39 is 0 Å². The Morgan fingerprint density at radius 1 is 1.25 bits per heavy atom. The zero-order valence-electron chi connectivity index (χ0n) is 11.1. The van der Waals surface area contributed by atoms with Crippen molar-refractivity contribution in [3.8, 4) is 11.5 Å². The highest BCUT2D eigenvalue weighted by atomic mass is 79.9. The molecule has 2 rings (SSSR count). The Labute approximate surface area is 125 Å². The molecule has 1 amide bonds. The van der Waals surface area contributed by atoms with Gasteiger partial charge in [0.15, 0.2) is 0 Å². The van der Waals surface area contributed by atoms with Crippen molar-refractivity contribution in [2.75, 3.05) is 12.4 Å².